The van der Waals surface area contributed by atoms with Crippen LogP contribution in [0.2, 0.25) is 5.82 Å². The van der Waals surface area contributed by atoms with E-state index >= 15 is 0 Å². The molecule has 4 rings (SSSR count). The molecule has 0 aliphatic carbocycles. The van der Waals surface area contributed by atoms with E-state index in [0.29, 0.717) is 0 Å². The van der Waals surface area contributed by atoms with E-state index in [4.69, 9.17) is 91.6 Å². The van der Waals surface area contributed by atoms with E-state index in [1.54, 1.807) is 42.2 Å². The number of rotatable bonds is 19. The van der Waals surface area contributed by atoms with Gasteiger partial charge in [0.2, 0.25) is 3.79 Å². The number of alkyl halides is 3. The quantitative estimate of drug-likeness (QED) is 0.0914. The number of amides is 1. The molecule has 2 aliphatic rings. The van der Waals surface area contributed by atoms with E-state index in [-0.39, 0.29) is 11.1 Å². The Balaban J connectivity index is 1.89. The van der Waals surface area contributed by atoms with E-state index in [1.807, 2.05) is 0 Å². The normalized spacial score (nSPS) is 25.0. The van der Waals surface area contributed by atoms with Crippen LogP contribution in [0.4, 0.5) is 4.79 Å². The summed E-state index contributed by atoms with van der Waals surface area (Å²) in [6.07, 6.45) is -16.0. The molecule has 0 saturated carbocycles. The van der Waals surface area contributed by atoms with Crippen LogP contribution in [0, 0.1) is 0 Å². The van der Waals surface area contributed by atoms with Crippen molar-refractivity contribution in [2.45, 2.75) is 116 Å². The van der Waals surface area contributed by atoms with Crippen LogP contribution in [0.3, 0.4) is 0 Å². The molecule has 2 aromatic carbocycles. The zero-order chi connectivity index (χ0) is 51.9. The van der Waals surface area contributed by atoms with Gasteiger partial charge in [0.1, 0.15) is 6.61 Å². The van der Waals surface area contributed by atoms with E-state index in [0.717, 1.165) is 41.7 Å². The molecule has 0 radical (unpaired) electrons. The summed E-state index contributed by atoms with van der Waals surface area (Å²) in [5, 5.41) is 1.30. The summed E-state index contributed by atoms with van der Waals surface area (Å²) in [5.41, 5.74) is 0.196. The first-order valence-electron chi connectivity index (χ1n) is 20.9. The SMILES string of the molecule is COC(=O)[C@@]1(OC[C@H]2O[C@@H]([Se]C)[C@H](OC(=O)c3ccccc3)[C@@H](OC(=O)c3ccccc3)[C@H]2OC(C)=O)C[C@H](OC(C)=O)[C@@H](NC(=O)OCC(Cl)(Cl)Cl)[C@H]([C@H](OC(C)=O)[C@@H](COC(C)=O)OC(C)=O)O1. The predicted molar refractivity (Wildman–Crippen MR) is 239 cm³/mol. The van der Waals surface area contributed by atoms with Crippen molar-refractivity contribution in [2.24, 2.45) is 0 Å². The van der Waals surface area contributed by atoms with Gasteiger partial charge in [-0.2, -0.15) is 0 Å². The Hall–Kier alpha value is -5.26. The van der Waals surface area contributed by atoms with Gasteiger partial charge in [0, 0.05) is 13.8 Å². The van der Waals surface area contributed by atoms with Crippen molar-refractivity contribution < 1.29 is 100.0 Å². The van der Waals surface area contributed by atoms with Crippen LogP contribution in [0.5, 0.6) is 0 Å². The van der Waals surface area contributed by atoms with Crippen LogP contribution in [-0.2, 0) is 85.6 Å². The Bertz CT molecular complexity index is 2180. The predicted octanol–water partition coefficient (Wildman–Crippen LogP) is 3.34. The molecule has 70 heavy (non-hydrogen) atoms. The number of nitrogens with one attached hydrogen (secondary N) is 1. The first kappa shape index (κ1) is 57.3. The van der Waals surface area contributed by atoms with Crippen LogP contribution in [0.25, 0.3) is 0 Å². The second kappa shape index (κ2) is 26.3. The third-order valence-electron chi connectivity index (χ3n) is 9.89. The summed E-state index contributed by atoms with van der Waals surface area (Å²) in [6.45, 7) is 2.44. The molecule has 0 unspecified atom stereocenters. The van der Waals surface area contributed by atoms with E-state index < -0.39 is 165 Å². The number of esters is 8. The molecule has 1 amide bonds. The van der Waals surface area contributed by atoms with Gasteiger partial charge in [-0.3, -0.25) is 9.59 Å². The second-order valence-electron chi connectivity index (χ2n) is 15.2. The molecule has 2 heterocycles. The zero-order valence-electron chi connectivity index (χ0n) is 38.5. The molecule has 384 valence electrons. The topological polar surface area (TPSA) is 276 Å². The van der Waals surface area contributed by atoms with Gasteiger partial charge in [-0.05, 0) is 0 Å². The second-order valence-corrected chi connectivity index (χ2v) is 19.7. The fourth-order valence-electron chi connectivity index (χ4n) is 7.18. The number of carbonyl (C=O) groups excluding carboxylic acids is 9. The van der Waals surface area contributed by atoms with E-state index in [9.17, 15) is 43.2 Å². The number of halogens is 3. The minimum atomic E-state index is -2.82. The average Bonchev–Trinajstić information content (AvgIpc) is 3.29. The van der Waals surface area contributed by atoms with Crippen molar-refractivity contribution >= 4 is 104 Å². The maximum atomic E-state index is 14.3. The summed E-state index contributed by atoms with van der Waals surface area (Å²) in [6, 6.07) is 13.8. The molecule has 11 atom stereocenters. The van der Waals surface area contributed by atoms with Gasteiger partial charge in [-0.15, -0.1) is 0 Å². The van der Waals surface area contributed by atoms with E-state index in [2.05, 4.69) is 5.32 Å². The molecule has 2 aromatic rings. The Morgan fingerprint density at radius 2 is 1.29 bits per heavy atom. The molecule has 0 aromatic heterocycles. The summed E-state index contributed by atoms with van der Waals surface area (Å²) < 4.78 is 66.8. The average molecular weight is 1110 g/mol. The molecular weight excluding hydrogens is 1060 g/mol. The Kier molecular flexibility index (Phi) is 21.5. The van der Waals surface area contributed by atoms with Crippen LogP contribution >= 0.6 is 34.8 Å². The number of benzene rings is 2. The minimum absolute atomic E-state index is 0.0697. The Morgan fingerprint density at radius 1 is 0.729 bits per heavy atom. The third-order valence-corrected chi connectivity index (χ3v) is 12.0. The van der Waals surface area contributed by atoms with Crippen LogP contribution < -0.4 is 5.32 Å². The zero-order valence-corrected chi connectivity index (χ0v) is 42.5. The van der Waals surface area contributed by atoms with Gasteiger partial charge in [-0.1, -0.05) is 34.8 Å². The third kappa shape index (κ3) is 16.7. The van der Waals surface area contributed by atoms with Gasteiger partial charge >= 0.3 is 355 Å². The van der Waals surface area contributed by atoms with Crippen molar-refractivity contribution in [3.05, 3.63) is 71.8 Å². The molecule has 2 aliphatic heterocycles. The van der Waals surface area contributed by atoms with E-state index in [1.165, 1.54) is 24.3 Å². The van der Waals surface area contributed by atoms with Crippen molar-refractivity contribution in [3.63, 3.8) is 0 Å². The van der Waals surface area contributed by atoms with Crippen molar-refractivity contribution in [2.75, 3.05) is 26.9 Å². The van der Waals surface area contributed by atoms with Gasteiger partial charge in [0.15, 0.2) is 0 Å². The molecule has 1 N–H and O–H groups in total. The monoisotopic (exact) mass is 1110 g/mol. The molecular formula is C44H50Cl3NO21Se. The molecule has 0 bridgehead atoms. The van der Waals surface area contributed by atoms with Crippen molar-refractivity contribution in [1.29, 1.82) is 0 Å². The number of hydrogen-bond acceptors (Lipinski definition) is 21. The number of methoxy groups -OCH3 is 1. The number of carbonyl (C=O) groups is 9. The van der Waals surface area contributed by atoms with Gasteiger partial charge < -0.3 is 0 Å². The standard InChI is InChI=1S/C44H50Cl3NO21Se/c1-22(49)59-19-30(63-24(3)51)33(64-25(4)52)35-32(48-42(57)60-21-44(45,46)47)29(62-23(2)50)18-43(69-35,41(56)58-6)61-20-31-34(65-26(5)53)36(67-38(54)27-14-10-8-11-15-27)37(40(66-31)70-7)68-39(55)28-16-12-9-13-17-28/h8-17,29-37,40H,18-21H2,1-7H3,(H,48,57)/t29-,30+,31+,32+,33+,34-,35+,36-,37+,40-,43+/m0/s1. The summed E-state index contributed by atoms with van der Waals surface area (Å²) >= 11 is 16.8. The molecule has 2 fully saturated rings. The number of hydrogen-bond donors (Lipinski definition) is 1. The summed E-state index contributed by atoms with van der Waals surface area (Å²) in [4.78, 5) is 118. The van der Waals surface area contributed by atoms with Gasteiger partial charge in [0.05, 0.1) is 0 Å². The molecule has 0 spiro atoms. The Morgan fingerprint density at radius 3 is 1.77 bits per heavy atom. The summed E-state index contributed by atoms with van der Waals surface area (Å²) in [7, 11) is 0.927. The molecule has 2 saturated heterocycles. The summed E-state index contributed by atoms with van der Waals surface area (Å²) in [5.74, 6) is -9.11. The molecule has 22 nitrogen and oxygen atoms in total. The van der Waals surface area contributed by atoms with Gasteiger partial charge in [0.25, 0.3) is 0 Å². The van der Waals surface area contributed by atoms with Crippen molar-refractivity contribution in [1.82, 2.24) is 5.32 Å². The number of ether oxygens (including phenoxy) is 12. The fourth-order valence-corrected chi connectivity index (χ4v) is 8.88. The number of alkyl carbamates (subject to hydrolysis) is 1. The fraction of sp³-hybridized carbons (Fsp3) is 0.523. The van der Waals surface area contributed by atoms with Crippen LogP contribution in [-0.4, -0.2) is 165 Å². The van der Waals surface area contributed by atoms with Crippen molar-refractivity contribution in [3.8, 4) is 0 Å². The van der Waals surface area contributed by atoms with Crippen LogP contribution in [0.15, 0.2) is 60.7 Å². The first-order chi connectivity index (χ1) is 33.0. The first-order valence-corrected chi connectivity index (χ1v) is 24.7. The van der Waals surface area contributed by atoms with Crippen LogP contribution in [0.1, 0.15) is 61.8 Å². The Labute approximate surface area is 422 Å². The molecule has 26 heteroatoms. The van der Waals surface area contributed by atoms with Gasteiger partial charge in [-0.25, -0.2) is 0 Å². The maximum absolute atomic E-state index is 14.3.